The number of aryl methyl sites for hydroxylation is 1. The lowest BCUT2D eigenvalue weighted by Gasteiger charge is -2.32. The highest BCUT2D eigenvalue weighted by Gasteiger charge is 2.27. The molecule has 1 aliphatic heterocycles. The molecular formula is C37H46F2N4O5. The predicted octanol–water partition coefficient (Wildman–Crippen LogP) is 5.32. The number of hydrogen-bond donors (Lipinski definition) is 4. The van der Waals surface area contributed by atoms with Gasteiger partial charge in [0.15, 0.2) is 0 Å². The lowest BCUT2D eigenvalue weighted by molar-refractivity contribution is 0.0620. The van der Waals surface area contributed by atoms with E-state index >= 15 is 0 Å². The molecule has 3 amide bonds. The summed E-state index contributed by atoms with van der Waals surface area (Å²) in [6.07, 6.45) is 1.88. The van der Waals surface area contributed by atoms with Crippen LogP contribution in [-0.2, 0) is 0 Å². The minimum atomic E-state index is -1.36. The SMILES string of the molecule is CCCN(CCC)C(=O)c1cc(C)cc(C(=O)NC(c2cc(F)cc(F)c2)C(O)CNc2cccc(C(=O)N3CCCC(CO)C3)c2)c1. The molecule has 4 rings (SSSR count). The molecular weight excluding hydrogens is 618 g/mol. The van der Waals surface area contributed by atoms with Crippen molar-refractivity contribution in [3.8, 4) is 0 Å². The Morgan fingerprint density at radius 3 is 2.31 bits per heavy atom. The Hall–Kier alpha value is -4.35. The van der Waals surface area contributed by atoms with Gasteiger partial charge in [0, 0.05) is 67.8 Å². The lowest BCUT2D eigenvalue weighted by atomic mass is 9.98. The summed E-state index contributed by atoms with van der Waals surface area (Å²) < 4.78 is 28.7. The third-order valence-electron chi connectivity index (χ3n) is 8.47. The molecule has 0 saturated carbocycles. The van der Waals surface area contributed by atoms with E-state index < -0.39 is 29.7 Å². The Kier molecular flexibility index (Phi) is 13.0. The lowest BCUT2D eigenvalue weighted by Crippen LogP contribution is -2.41. The van der Waals surface area contributed by atoms with Gasteiger partial charge in [-0.2, -0.15) is 0 Å². The molecule has 1 aliphatic rings. The average Bonchev–Trinajstić information content (AvgIpc) is 3.08. The van der Waals surface area contributed by atoms with E-state index in [1.54, 1.807) is 53.1 Å². The van der Waals surface area contributed by atoms with Crippen molar-refractivity contribution in [3.05, 3.63) is 100 Å². The van der Waals surface area contributed by atoms with Gasteiger partial charge in [-0.15, -0.1) is 0 Å². The first-order chi connectivity index (χ1) is 23.0. The highest BCUT2D eigenvalue weighted by molar-refractivity contribution is 6.00. The number of nitrogens with zero attached hydrogens (tertiary/aromatic N) is 2. The first-order valence-corrected chi connectivity index (χ1v) is 16.6. The first-order valence-electron chi connectivity index (χ1n) is 16.6. The number of aliphatic hydroxyl groups is 2. The van der Waals surface area contributed by atoms with Crippen LogP contribution in [0.15, 0.2) is 60.7 Å². The zero-order chi connectivity index (χ0) is 34.8. The molecule has 11 heteroatoms. The smallest absolute Gasteiger partial charge is 0.253 e. The molecule has 48 heavy (non-hydrogen) atoms. The van der Waals surface area contributed by atoms with Crippen LogP contribution in [0.1, 0.15) is 87.8 Å². The summed E-state index contributed by atoms with van der Waals surface area (Å²) in [5.74, 6) is -2.68. The Labute approximate surface area is 280 Å². The highest BCUT2D eigenvalue weighted by Crippen LogP contribution is 2.24. The molecule has 1 fully saturated rings. The van der Waals surface area contributed by atoms with Crippen molar-refractivity contribution in [3.63, 3.8) is 0 Å². The maximum atomic E-state index is 14.3. The number of hydrogen-bond acceptors (Lipinski definition) is 6. The van der Waals surface area contributed by atoms with Gasteiger partial charge in [-0.3, -0.25) is 14.4 Å². The fourth-order valence-electron chi connectivity index (χ4n) is 6.14. The molecule has 0 bridgehead atoms. The number of halogens is 2. The van der Waals surface area contributed by atoms with Crippen molar-refractivity contribution >= 4 is 23.4 Å². The normalized spacial score (nSPS) is 15.8. The van der Waals surface area contributed by atoms with Gasteiger partial charge in [-0.25, -0.2) is 8.78 Å². The summed E-state index contributed by atoms with van der Waals surface area (Å²) >= 11 is 0. The zero-order valence-electron chi connectivity index (χ0n) is 27.8. The van der Waals surface area contributed by atoms with E-state index in [1.807, 2.05) is 13.8 Å². The zero-order valence-corrected chi connectivity index (χ0v) is 27.8. The number of amides is 3. The molecule has 0 aromatic heterocycles. The van der Waals surface area contributed by atoms with Crippen molar-refractivity contribution < 1.29 is 33.4 Å². The second kappa shape index (κ2) is 17.2. The fourth-order valence-corrected chi connectivity index (χ4v) is 6.14. The van der Waals surface area contributed by atoms with Gasteiger partial charge in [-0.1, -0.05) is 19.9 Å². The number of rotatable bonds is 14. The van der Waals surface area contributed by atoms with Gasteiger partial charge in [0.25, 0.3) is 17.7 Å². The van der Waals surface area contributed by atoms with Crippen LogP contribution in [-0.4, -0.2) is 83.2 Å². The number of likely N-dealkylation sites (tertiary alicyclic amines) is 1. The standard InChI is InChI=1S/C37H46F2N4O5/c1-4-11-42(12-5-2)37(48)29-15-24(3)14-28(16-29)35(46)41-34(27-17-30(38)20-31(39)18-27)33(45)21-40-32-10-6-9-26(19-32)36(47)43-13-7-8-25(22-43)23-44/h6,9-10,14-20,25,33-34,40,44-45H,4-5,7-8,11-13,21-23H2,1-3H3,(H,41,46). The summed E-state index contributed by atoms with van der Waals surface area (Å²) in [7, 11) is 0. The molecule has 9 nitrogen and oxygen atoms in total. The quantitative estimate of drug-likeness (QED) is 0.185. The number of nitrogens with one attached hydrogen (secondary N) is 2. The second-order valence-electron chi connectivity index (χ2n) is 12.5. The van der Waals surface area contributed by atoms with E-state index in [0.717, 1.165) is 37.8 Å². The molecule has 1 heterocycles. The van der Waals surface area contributed by atoms with E-state index in [-0.39, 0.29) is 42.0 Å². The number of carbonyl (C=O) groups is 3. The highest BCUT2D eigenvalue weighted by atomic mass is 19.1. The van der Waals surface area contributed by atoms with Gasteiger partial charge >= 0.3 is 0 Å². The maximum absolute atomic E-state index is 14.3. The van der Waals surface area contributed by atoms with Crippen molar-refractivity contribution in [1.82, 2.24) is 15.1 Å². The van der Waals surface area contributed by atoms with Crippen LogP contribution in [0.3, 0.4) is 0 Å². The van der Waals surface area contributed by atoms with Crippen LogP contribution in [0.4, 0.5) is 14.5 Å². The predicted molar refractivity (Wildman–Crippen MR) is 181 cm³/mol. The first kappa shape index (κ1) is 36.5. The summed E-state index contributed by atoms with van der Waals surface area (Å²) in [5, 5.41) is 26.7. The van der Waals surface area contributed by atoms with Crippen LogP contribution in [0, 0.1) is 24.5 Å². The topological polar surface area (TPSA) is 122 Å². The number of piperidine rings is 1. The molecule has 3 aromatic rings. The molecule has 0 radical (unpaired) electrons. The van der Waals surface area contributed by atoms with Crippen LogP contribution in [0.2, 0.25) is 0 Å². The van der Waals surface area contributed by atoms with Crippen molar-refractivity contribution in [1.29, 1.82) is 0 Å². The van der Waals surface area contributed by atoms with E-state index in [4.69, 9.17) is 0 Å². The summed E-state index contributed by atoms with van der Waals surface area (Å²) in [6.45, 7) is 7.86. The average molecular weight is 665 g/mol. The summed E-state index contributed by atoms with van der Waals surface area (Å²) in [6, 6.07) is 13.1. The maximum Gasteiger partial charge on any atom is 0.253 e. The molecule has 1 saturated heterocycles. The van der Waals surface area contributed by atoms with Crippen molar-refractivity contribution in [2.75, 3.05) is 44.6 Å². The third kappa shape index (κ3) is 9.60. The molecule has 3 unspecified atom stereocenters. The fraction of sp³-hybridized carbons (Fsp3) is 0.432. The van der Waals surface area contributed by atoms with E-state index in [1.165, 1.54) is 6.07 Å². The van der Waals surface area contributed by atoms with Gasteiger partial charge in [0.05, 0.1) is 12.1 Å². The van der Waals surface area contributed by atoms with Gasteiger partial charge in [0.1, 0.15) is 11.6 Å². The Bertz CT molecular complexity index is 1560. The molecule has 0 spiro atoms. The number of anilines is 1. The van der Waals surface area contributed by atoms with Gasteiger partial charge in [0.2, 0.25) is 0 Å². The van der Waals surface area contributed by atoms with Gasteiger partial charge in [-0.05, 0) is 98.2 Å². The Morgan fingerprint density at radius 1 is 0.958 bits per heavy atom. The Balaban J connectivity index is 1.54. The molecule has 0 aliphatic carbocycles. The van der Waals surface area contributed by atoms with E-state index in [9.17, 15) is 33.4 Å². The summed E-state index contributed by atoms with van der Waals surface area (Å²) in [5.41, 5.74) is 2.18. The monoisotopic (exact) mass is 664 g/mol. The molecule has 258 valence electrons. The largest absolute Gasteiger partial charge is 0.396 e. The molecule has 3 aromatic carbocycles. The van der Waals surface area contributed by atoms with Crippen LogP contribution in [0.5, 0.6) is 0 Å². The van der Waals surface area contributed by atoms with Crippen LogP contribution in [0.25, 0.3) is 0 Å². The van der Waals surface area contributed by atoms with Crippen LogP contribution < -0.4 is 10.6 Å². The number of carbonyl (C=O) groups excluding carboxylic acids is 3. The number of aliphatic hydroxyl groups excluding tert-OH is 2. The molecule has 3 atom stereocenters. The summed E-state index contributed by atoms with van der Waals surface area (Å²) in [4.78, 5) is 43.6. The van der Waals surface area contributed by atoms with E-state index in [0.29, 0.717) is 54.6 Å². The van der Waals surface area contributed by atoms with Crippen molar-refractivity contribution in [2.45, 2.75) is 58.6 Å². The minimum absolute atomic E-state index is 0.0173. The Morgan fingerprint density at radius 2 is 1.65 bits per heavy atom. The third-order valence-corrected chi connectivity index (χ3v) is 8.47. The van der Waals surface area contributed by atoms with Crippen LogP contribution >= 0.6 is 0 Å². The van der Waals surface area contributed by atoms with Crippen molar-refractivity contribution in [2.24, 2.45) is 5.92 Å². The second-order valence-corrected chi connectivity index (χ2v) is 12.5. The molecule has 4 N–H and O–H groups in total. The van der Waals surface area contributed by atoms with Gasteiger partial charge < -0.3 is 30.6 Å². The van der Waals surface area contributed by atoms with E-state index in [2.05, 4.69) is 10.6 Å². The minimum Gasteiger partial charge on any atom is -0.396 e. The number of benzene rings is 3.